The molecular weight excluding hydrogens is 332 g/mol. The van der Waals surface area contributed by atoms with Crippen molar-refractivity contribution in [3.63, 3.8) is 0 Å². The van der Waals surface area contributed by atoms with Gasteiger partial charge in [0.15, 0.2) is 10.9 Å². The van der Waals surface area contributed by atoms with Gasteiger partial charge in [0.25, 0.3) is 0 Å². The molecule has 0 fully saturated rings. The van der Waals surface area contributed by atoms with Crippen molar-refractivity contribution in [2.24, 2.45) is 0 Å². The minimum absolute atomic E-state index is 0.00353. The van der Waals surface area contributed by atoms with Crippen molar-refractivity contribution in [2.75, 3.05) is 12.9 Å². The van der Waals surface area contributed by atoms with Crippen molar-refractivity contribution >= 4 is 40.2 Å². The topological polar surface area (TPSA) is 55.0 Å². The van der Waals surface area contributed by atoms with E-state index in [1.165, 1.54) is 17.3 Å². The first-order valence-corrected chi connectivity index (χ1v) is 8.39. The molecule has 118 valence electrons. The molecule has 0 saturated heterocycles. The van der Waals surface area contributed by atoms with Gasteiger partial charge in [-0.2, -0.15) is 0 Å². The van der Waals surface area contributed by atoms with Crippen LogP contribution in [0.25, 0.3) is 11.0 Å². The Kier molecular flexibility index (Phi) is 4.59. The summed E-state index contributed by atoms with van der Waals surface area (Å²) in [5, 5.41) is 1.17. The Morgan fingerprint density at radius 1 is 1.30 bits per heavy atom. The van der Waals surface area contributed by atoms with E-state index in [9.17, 15) is 4.79 Å². The summed E-state index contributed by atoms with van der Waals surface area (Å²) >= 11 is 7.44. The number of halogens is 1. The molecule has 6 heteroatoms. The van der Waals surface area contributed by atoms with Crippen molar-refractivity contribution in [1.82, 2.24) is 9.97 Å². The number of methoxy groups -OCH3 is 1. The Hall–Kier alpha value is -1.98. The molecule has 2 aromatic carbocycles. The van der Waals surface area contributed by atoms with E-state index >= 15 is 0 Å². The number of H-pyrrole nitrogens is 1. The molecule has 4 nitrogen and oxygen atoms in total. The third-order valence-electron chi connectivity index (χ3n) is 3.43. The van der Waals surface area contributed by atoms with Crippen LogP contribution in [0.4, 0.5) is 0 Å². The Bertz CT molecular complexity index is 876. The lowest BCUT2D eigenvalue weighted by Crippen LogP contribution is -2.02. The van der Waals surface area contributed by atoms with Gasteiger partial charge in [0, 0.05) is 5.56 Å². The zero-order valence-electron chi connectivity index (χ0n) is 12.7. The maximum absolute atomic E-state index is 12.3. The molecule has 1 aromatic heterocycles. The summed E-state index contributed by atoms with van der Waals surface area (Å²) in [6.45, 7) is 2.03. The number of nitrogens with zero attached hydrogens (tertiary/aromatic N) is 1. The maximum Gasteiger partial charge on any atom is 0.173 e. The molecule has 23 heavy (non-hydrogen) atoms. The number of hydrogen-bond acceptors (Lipinski definition) is 4. The van der Waals surface area contributed by atoms with E-state index in [4.69, 9.17) is 16.3 Å². The molecular formula is C17H15ClN2O2S. The van der Waals surface area contributed by atoms with Gasteiger partial charge >= 0.3 is 0 Å². The summed E-state index contributed by atoms with van der Waals surface area (Å²) in [7, 11) is 1.54. The fraction of sp³-hybridized carbons (Fsp3) is 0.176. The van der Waals surface area contributed by atoms with Gasteiger partial charge in [-0.15, -0.1) is 0 Å². The molecule has 1 N–H and O–H groups in total. The number of carbonyl (C=O) groups excluding carboxylic acids is 1. The number of imidazole rings is 1. The molecule has 0 amide bonds. The molecule has 3 rings (SSSR count). The van der Waals surface area contributed by atoms with Gasteiger partial charge in [-0.25, -0.2) is 4.98 Å². The molecule has 0 aliphatic carbocycles. The number of benzene rings is 2. The summed E-state index contributed by atoms with van der Waals surface area (Å²) in [5.41, 5.74) is 3.61. The van der Waals surface area contributed by atoms with E-state index in [0.717, 1.165) is 16.2 Å². The number of aryl methyl sites for hydroxylation is 1. The SMILES string of the molecule is COc1ccc(C(=O)CSc2nc3ccc(C)cc3[nH]2)cc1Cl. The number of carbonyl (C=O) groups is 1. The number of aromatic amines is 1. The van der Waals surface area contributed by atoms with E-state index < -0.39 is 0 Å². The molecule has 0 aliphatic heterocycles. The third kappa shape index (κ3) is 3.51. The average Bonchev–Trinajstić information content (AvgIpc) is 2.94. The fourth-order valence-electron chi connectivity index (χ4n) is 2.23. The number of Topliss-reactive ketones (excluding diaryl/α,β-unsaturated/α-hetero) is 1. The summed E-state index contributed by atoms with van der Waals surface area (Å²) in [6.07, 6.45) is 0. The van der Waals surface area contributed by atoms with Crippen molar-refractivity contribution in [3.8, 4) is 5.75 Å². The van der Waals surface area contributed by atoms with E-state index in [0.29, 0.717) is 22.1 Å². The highest BCUT2D eigenvalue weighted by Gasteiger charge is 2.11. The number of hydrogen-bond donors (Lipinski definition) is 1. The predicted octanol–water partition coefficient (Wildman–Crippen LogP) is 4.51. The Balaban J connectivity index is 1.71. The number of fused-ring (bicyclic) bond motifs is 1. The number of thioether (sulfide) groups is 1. The van der Waals surface area contributed by atoms with E-state index in [1.54, 1.807) is 25.3 Å². The van der Waals surface area contributed by atoms with Crippen LogP contribution in [0.15, 0.2) is 41.6 Å². The van der Waals surface area contributed by atoms with Gasteiger partial charge in [0.2, 0.25) is 0 Å². The molecule has 0 radical (unpaired) electrons. The second-order valence-corrected chi connectivity index (χ2v) is 6.49. The van der Waals surface area contributed by atoms with Crippen molar-refractivity contribution < 1.29 is 9.53 Å². The van der Waals surface area contributed by atoms with Crippen LogP contribution in [0, 0.1) is 6.92 Å². The number of ketones is 1. The molecule has 0 atom stereocenters. The number of ether oxygens (including phenoxy) is 1. The normalized spacial score (nSPS) is 10.9. The van der Waals surface area contributed by atoms with Gasteiger partial charge in [0.1, 0.15) is 5.75 Å². The highest BCUT2D eigenvalue weighted by molar-refractivity contribution is 7.99. The number of aromatic nitrogens is 2. The minimum Gasteiger partial charge on any atom is -0.495 e. The van der Waals surface area contributed by atoms with Crippen LogP contribution in [0.2, 0.25) is 5.02 Å². The number of nitrogens with one attached hydrogen (secondary N) is 1. The van der Waals surface area contributed by atoms with Crippen LogP contribution in [0.3, 0.4) is 0 Å². The molecule has 1 heterocycles. The molecule has 0 aliphatic rings. The van der Waals surface area contributed by atoms with Gasteiger partial charge in [-0.05, 0) is 42.8 Å². The van der Waals surface area contributed by atoms with Crippen LogP contribution < -0.4 is 4.74 Å². The average molecular weight is 347 g/mol. The fourth-order valence-corrected chi connectivity index (χ4v) is 3.26. The van der Waals surface area contributed by atoms with Crippen LogP contribution in [0.5, 0.6) is 5.75 Å². The van der Waals surface area contributed by atoms with E-state index in [-0.39, 0.29) is 5.78 Å². The van der Waals surface area contributed by atoms with Crippen molar-refractivity contribution in [2.45, 2.75) is 12.1 Å². The Labute approximate surface area is 143 Å². The van der Waals surface area contributed by atoms with Crippen LogP contribution in [-0.4, -0.2) is 28.6 Å². The largest absolute Gasteiger partial charge is 0.495 e. The second-order valence-electron chi connectivity index (χ2n) is 5.12. The lowest BCUT2D eigenvalue weighted by atomic mass is 10.1. The Morgan fingerprint density at radius 3 is 2.87 bits per heavy atom. The highest BCUT2D eigenvalue weighted by Crippen LogP contribution is 2.26. The van der Waals surface area contributed by atoms with Gasteiger partial charge in [-0.1, -0.05) is 29.4 Å². The zero-order valence-corrected chi connectivity index (χ0v) is 14.3. The minimum atomic E-state index is -0.00353. The second kappa shape index (κ2) is 6.64. The zero-order chi connectivity index (χ0) is 16.4. The van der Waals surface area contributed by atoms with Gasteiger partial charge in [-0.3, -0.25) is 4.79 Å². The lowest BCUT2D eigenvalue weighted by molar-refractivity contribution is 0.102. The predicted molar refractivity (Wildman–Crippen MR) is 93.9 cm³/mol. The van der Waals surface area contributed by atoms with Gasteiger partial charge < -0.3 is 9.72 Å². The Morgan fingerprint density at radius 2 is 2.13 bits per heavy atom. The number of rotatable bonds is 5. The first-order valence-electron chi connectivity index (χ1n) is 7.03. The first kappa shape index (κ1) is 15.9. The standard InChI is InChI=1S/C17H15ClN2O2S/c1-10-3-5-13-14(7-10)20-17(19-13)23-9-15(21)11-4-6-16(22-2)12(18)8-11/h3-8H,9H2,1-2H3,(H,19,20). The van der Waals surface area contributed by atoms with Gasteiger partial charge in [0.05, 0.1) is 28.9 Å². The molecule has 0 unspecified atom stereocenters. The highest BCUT2D eigenvalue weighted by atomic mass is 35.5. The monoisotopic (exact) mass is 346 g/mol. The van der Waals surface area contributed by atoms with Crippen LogP contribution >= 0.6 is 23.4 Å². The maximum atomic E-state index is 12.3. The lowest BCUT2D eigenvalue weighted by Gasteiger charge is -2.05. The molecule has 0 bridgehead atoms. The van der Waals surface area contributed by atoms with Crippen LogP contribution in [-0.2, 0) is 0 Å². The smallest absolute Gasteiger partial charge is 0.173 e. The van der Waals surface area contributed by atoms with Crippen molar-refractivity contribution in [3.05, 3.63) is 52.5 Å². The van der Waals surface area contributed by atoms with Crippen molar-refractivity contribution in [1.29, 1.82) is 0 Å². The summed E-state index contributed by atoms with van der Waals surface area (Å²) in [5.74, 6) is 0.848. The van der Waals surface area contributed by atoms with Crippen LogP contribution in [0.1, 0.15) is 15.9 Å². The summed E-state index contributed by atoms with van der Waals surface area (Å²) < 4.78 is 5.09. The first-order chi connectivity index (χ1) is 11.1. The third-order valence-corrected chi connectivity index (χ3v) is 4.60. The summed E-state index contributed by atoms with van der Waals surface area (Å²) in [4.78, 5) is 20.0. The molecule has 0 spiro atoms. The molecule has 3 aromatic rings. The summed E-state index contributed by atoms with van der Waals surface area (Å²) in [6, 6.07) is 11.1. The van der Waals surface area contributed by atoms with E-state index in [1.807, 2.05) is 25.1 Å². The van der Waals surface area contributed by atoms with E-state index in [2.05, 4.69) is 9.97 Å². The quantitative estimate of drug-likeness (QED) is 0.545. The molecule has 0 saturated carbocycles.